The molecule has 0 spiro atoms. The summed E-state index contributed by atoms with van der Waals surface area (Å²) in [6.07, 6.45) is 5.38. The van der Waals surface area contributed by atoms with Crippen LogP contribution >= 0.6 is 0 Å². The second-order valence-corrected chi connectivity index (χ2v) is 5.09. The van der Waals surface area contributed by atoms with Crippen LogP contribution in [0, 0.1) is 16.7 Å². The van der Waals surface area contributed by atoms with Gasteiger partial charge in [0.15, 0.2) is 0 Å². The van der Waals surface area contributed by atoms with Crippen LogP contribution < -0.4 is 0 Å². The molecular formula is C10H18O. The number of hydrogen-bond donors (Lipinski definition) is 1. The van der Waals surface area contributed by atoms with Crippen molar-refractivity contribution in [3.05, 3.63) is 0 Å². The van der Waals surface area contributed by atoms with Crippen molar-refractivity contribution < 1.29 is 5.11 Å². The van der Waals surface area contributed by atoms with Crippen LogP contribution in [-0.4, -0.2) is 11.7 Å². The lowest BCUT2D eigenvalue weighted by Gasteiger charge is -2.40. The van der Waals surface area contributed by atoms with E-state index in [2.05, 4.69) is 13.8 Å². The summed E-state index contributed by atoms with van der Waals surface area (Å²) in [5.41, 5.74) is 0.711. The largest absolute Gasteiger partial charge is 0.396 e. The van der Waals surface area contributed by atoms with Gasteiger partial charge in [-0.15, -0.1) is 0 Å². The summed E-state index contributed by atoms with van der Waals surface area (Å²) in [5, 5.41) is 9.31. The first-order chi connectivity index (χ1) is 5.10. The third-order valence-electron chi connectivity index (χ3n) is 4.39. The van der Waals surface area contributed by atoms with Crippen molar-refractivity contribution in [3.63, 3.8) is 0 Å². The van der Waals surface area contributed by atoms with Gasteiger partial charge >= 0.3 is 0 Å². The van der Waals surface area contributed by atoms with Gasteiger partial charge in [-0.2, -0.15) is 0 Å². The molecule has 2 fully saturated rings. The van der Waals surface area contributed by atoms with Crippen LogP contribution in [0.5, 0.6) is 0 Å². The van der Waals surface area contributed by atoms with E-state index in [-0.39, 0.29) is 5.41 Å². The van der Waals surface area contributed by atoms with Crippen molar-refractivity contribution in [1.82, 2.24) is 0 Å². The lowest BCUT2D eigenvalue weighted by Crippen LogP contribution is -2.36. The smallest absolute Gasteiger partial charge is 0.0490 e. The predicted octanol–water partition coefficient (Wildman–Crippen LogP) is 2.20. The Morgan fingerprint density at radius 3 is 2.36 bits per heavy atom. The van der Waals surface area contributed by atoms with E-state index in [4.69, 9.17) is 0 Å². The quantitative estimate of drug-likeness (QED) is 0.614. The highest BCUT2D eigenvalue weighted by atomic mass is 16.3. The summed E-state index contributed by atoms with van der Waals surface area (Å²) in [6.45, 7) is 5.00. The maximum absolute atomic E-state index is 9.31. The highest BCUT2D eigenvalue weighted by Gasteiger charge is 2.55. The fourth-order valence-corrected chi connectivity index (χ4v) is 3.23. The maximum atomic E-state index is 9.31. The second-order valence-electron chi connectivity index (χ2n) is 5.09. The Labute approximate surface area is 68.8 Å². The molecule has 2 aliphatic rings. The molecule has 1 heteroatoms. The van der Waals surface area contributed by atoms with Gasteiger partial charge in [0, 0.05) is 6.61 Å². The van der Waals surface area contributed by atoms with Crippen molar-refractivity contribution >= 4 is 0 Å². The normalized spacial score (nSPS) is 55.4. The molecule has 64 valence electrons. The Balaban J connectivity index is 2.27. The minimum Gasteiger partial charge on any atom is -0.396 e. The summed E-state index contributed by atoms with van der Waals surface area (Å²) >= 11 is 0. The fourth-order valence-electron chi connectivity index (χ4n) is 3.23. The molecule has 0 aromatic rings. The molecule has 1 N–H and O–H groups in total. The first-order valence-electron chi connectivity index (χ1n) is 4.71. The van der Waals surface area contributed by atoms with Crippen LogP contribution in [0.4, 0.5) is 0 Å². The first kappa shape index (κ1) is 7.60. The molecule has 2 rings (SSSR count). The van der Waals surface area contributed by atoms with Gasteiger partial charge in [0.05, 0.1) is 0 Å². The molecule has 0 amide bonds. The molecule has 3 unspecified atom stereocenters. The average molecular weight is 154 g/mol. The summed E-state index contributed by atoms with van der Waals surface area (Å²) in [6, 6.07) is 0. The van der Waals surface area contributed by atoms with E-state index in [0.717, 1.165) is 5.92 Å². The van der Waals surface area contributed by atoms with Crippen molar-refractivity contribution in [1.29, 1.82) is 0 Å². The molecule has 0 aromatic heterocycles. The fraction of sp³-hybridized carbons (Fsp3) is 1.00. The lowest BCUT2D eigenvalue weighted by molar-refractivity contribution is 0.0226. The third kappa shape index (κ3) is 0.807. The Bertz CT molecular complexity index is 176. The molecule has 0 radical (unpaired) electrons. The van der Waals surface area contributed by atoms with Crippen molar-refractivity contribution in [2.45, 2.75) is 39.5 Å². The molecule has 2 bridgehead atoms. The van der Waals surface area contributed by atoms with E-state index < -0.39 is 0 Å². The Hall–Kier alpha value is -0.0400. The molecule has 0 aromatic carbocycles. The van der Waals surface area contributed by atoms with Crippen molar-refractivity contribution in [2.75, 3.05) is 6.61 Å². The van der Waals surface area contributed by atoms with Crippen LogP contribution in [0.3, 0.4) is 0 Å². The zero-order valence-electron chi connectivity index (χ0n) is 7.56. The SMILES string of the molecule is CC1(CO)CC2CCC1(C)C2. The van der Waals surface area contributed by atoms with Crippen molar-refractivity contribution in [2.24, 2.45) is 16.7 Å². The van der Waals surface area contributed by atoms with E-state index in [0.29, 0.717) is 12.0 Å². The van der Waals surface area contributed by atoms with Gasteiger partial charge in [0.2, 0.25) is 0 Å². The Morgan fingerprint density at radius 2 is 2.09 bits per heavy atom. The molecule has 0 saturated heterocycles. The van der Waals surface area contributed by atoms with Gasteiger partial charge in [0.1, 0.15) is 0 Å². The van der Waals surface area contributed by atoms with E-state index >= 15 is 0 Å². The van der Waals surface area contributed by atoms with Gasteiger partial charge in [-0.05, 0) is 42.4 Å². The number of aliphatic hydroxyl groups excluding tert-OH is 1. The van der Waals surface area contributed by atoms with Crippen LogP contribution in [0.15, 0.2) is 0 Å². The Kier molecular flexibility index (Phi) is 1.39. The van der Waals surface area contributed by atoms with Crippen molar-refractivity contribution in [3.8, 4) is 0 Å². The van der Waals surface area contributed by atoms with Gasteiger partial charge in [0.25, 0.3) is 0 Å². The van der Waals surface area contributed by atoms with E-state index in [1.165, 1.54) is 25.7 Å². The third-order valence-corrected chi connectivity index (χ3v) is 4.39. The molecular weight excluding hydrogens is 136 g/mol. The van der Waals surface area contributed by atoms with Gasteiger partial charge < -0.3 is 5.11 Å². The first-order valence-corrected chi connectivity index (χ1v) is 4.71. The van der Waals surface area contributed by atoms with E-state index in [1.807, 2.05) is 0 Å². The standard InChI is InChI=1S/C10H18O/c1-9-4-3-8(5-9)6-10(9,2)7-11/h8,11H,3-7H2,1-2H3. The van der Waals surface area contributed by atoms with Gasteiger partial charge in [-0.25, -0.2) is 0 Å². The topological polar surface area (TPSA) is 20.2 Å². The highest BCUT2D eigenvalue weighted by molar-refractivity contribution is 5.05. The number of rotatable bonds is 1. The number of hydrogen-bond acceptors (Lipinski definition) is 1. The zero-order valence-corrected chi connectivity index (χ0v) is 7.56. The molecule has 0 heterocycles. The lowest BCUT2D eigenvalue weighted by atomic mass is 9.65. The van der Waals surface area contributed by atoms with Gasteiger partial charge in [-0.3, -0.25) is 0 Å². The van der Waals surface area contributed by atoms with Crippen LogP contribution in [0.1, 0.15) is 39.5 Å². The van der Waals surface area contributed by atoms with E-state index in [1.54, 1.807) is 0 Å². The average Bonchev–Trinajstić information content (AvgIpc) is 2.42. The summed E-state index contributed by atoms with van der Waals surface area (Å²) in [5.74, 6) is 0.928. The zero-order chi connectivity index (χ0) is 8.11. The predicted molar refractivity (Wildman–Crippen MR) is 45.3 cm³/mol. The van der Waals surface area contributed by atoms with Crippen LogP contribution in [0.25, 0.3) is 0 Å². The van der Waals surface area contributed by atoms with Crippen LogP contribution in [-0.2, 0) is 0 Å². The molecule has 3 atom stereocenters. The molecule has 1 nitrogen and oxygen atoms in total. The summed E-state index contributed by atoms with van der Waals surface area (Å²) < 4.78 is 0. The summed E-state index contributed by atoms with van der Waals surface area (Å²) in [7, 11) is 0. The molecule has 0 aliphatic heterocycles. The van der Waals surface area contributed by atoms with Crippen LogP contribution in [0.2, 0.25) is 0 Å². The number of aliphatic hydroxyl groups is 1. The molecule has 2 saturated carbocycles. The van der Waals surface area contributed by atoms with E-state index in [9.17, 15) is 5.11 Å². The minimum absolute atomic E-state index is 0.246. The minimum atomic E-state index is 0.246. The highest BCUT2D eigenvalue weighted by Crippen LogP contribution is 2.63. The molecule has 2 aliphatic carbocycles. The molecule has 11 heavy (non-hydrogen) atoms. The second kappa shape index (κ2) is 2.01. The summed E-state index contributed by atoms with van der Waals surface area (Å²) in [4.78, 5) is 0. The monoisotopic (exact) mass is 154 g/mol. The maximum Gasteiger partial charge on any atom is 0.0490 e. The van der Waals surface area contributed by atoms with Gasteiger partial charge in [-0.1, -0.05) is 13.8 Å². The number of fused-ring (bicyclic) bond motifs is 2. The Morgan fingerprint density at radius 1 is 1.36 bits per heavy atom.